The van der Waals surface area contributed by atoms with Crippen LogP contribution in [0, 0.1) is 5.82 Å². The van der Waals surface area contributed by atoms with Gasteiger partial charge in [-0.3, -0.25) is 9.59 Å². The van der Waals surface area contributed by atoms with Gasteiger partial charge < -0.3 is 19.7 Å². The number of halogens is 1. The van der Waals surface area contributed by atoms with Gasteiger partial charge in [0.2, 0.25) is 18.6 Å². The van der Waals surface area contributed by atoms with Crippen LogP contribution >= 0.6 is 0 Å². The van der Waals surface area contributed by atoms with E-state index in [0.29, 0.717) is 17.1 Å². The second kappa shape index (κ2) is 8.45. The van der Waals surface area contributed by atoms with Crippen LogP contribution in [0.4, 0.5) is 15.8 Å². The van der Waals surface area contributed by atoms with E-state index in [0.717, 1.165) is 11.0 Å². The quantitative estimate of drug-likeness (QED) is 0.611. The molecule has 2 aliphatic rings. The molecule has 174 valence electrons. The van der Waals surface area contributed by atoms with Gasteiger partial charge >= 0.3 is 0 Å². The lowest BCUT2D eigenvalue weighted by molar-refractivity contribution is -0.121. The summed E-state index contributed by atoms with van der Waals surface area (Å²) in [4.78, 5) is 27.1. The van der Waals surface area contributed by atoms with Gasteiger partial charge in [0.1, 0.15) is 12.4 Å². The van der Waals surface area contributed by atoms with Gasteiger partial charge in [-0.15, -0.1) is 0 Å². The number of nitrogens with zero attached hydrogens (tertiary/aromatic N) is 1. The Bertz CT molecular complexity index is 1410. The number of benzene rings is 3. The summed E-state index contributed by atoms with van der Waals surface area (Å²) in [7, 11) is -4.00. The van der Waals surface area contributed by atoms with Crippen molar-refractivity contribution in [1.29, 1.82) is 0 Å². The van der Waals surface area contributed by atoms with Crippen molar-refractivity contribution in [2.24, 2.45) is 0 Å². The van der Waals surface area contributed by atoms with E-state index in [-0.39, 0.29) is 29.5 Å². The molecule has 3 aromatic rings. The zero-order valence-electron chi connectivity index (χ0n) is 17.7. The summed E-state index contributed by atoms with van der Waals surface area (Å²) in [6, 6.07) is 16.2. The number of anilines is 2. The maximum absolute atomic E-state index is 13.6. The number of para-hydroxylation sites is 1. The molecule has 8 nitrogen and oxygen atoms in total. The van der Waals surface area contributed by atoms with Crippen molar-refractivity contribution >= 4 is 33.0 Å². The number of amides is 2. The second-order valence-corrected chi connectivity index (χ2v) is 9.96. The van der Waals surface area contributed by atoms with Crippen LogP contribution in [0.15, 0.2) is 71.6 Å². The number of rotatable bonds is 4. The van der Waals surface area contributed by atoms with Crippen LogP contribution in [0.2, 0.25) is 0 Å². The van der Waals surface area contributed by atoms with Gasteiger partial charge in [0, 0.05) is 12.1 Å². The molecule has 2 heterocycles. The van der Waals surface area contributed by atoms with E-state index in [1.165, 1.54) is 30.3 Å². The molecular weight excluding hydrogens is 463 g/mol. The maximum atomic E-state index is 13.6. The molecule has 5 rings (SSSR count). The Morgan fingerprint density at radius 3 is 2.65 bits per heavy atom. The predicted octanol–water partition coefficient (Wildman–Crippen LogP) is 3.44. The van der Waals surface area contributed by atoms with Crippen LogP contribution in [-0.4, -0.2) is 33.6 Å². The first kappa shape index (κ1) is 21.9. The number of fused-ring (bicyclic) bond motifs is 2. The third kappa shape index (κ3) is 3.96. The SMILES string of the molecule is O=C(CN1C(=O)CC(c2ccc3c(c2)OCO3)S(=O)(=O)c2ccccc21)Nc1cccc(F)c1. The van der Waals surface area contributed by atoms with Crippen LogP contribution in [-0.2, 0) is 19.4 Å². The van der Waals surface area contributed by atoms with Crippen molar-refractivity contribution in [3.05, 3.63) is 78.1 Å². The number of nitrogens with one attached hydrogen (secondary N) is 1. The Hall–Kier alpha value is -3.92. The molecule has 3 aromatic carbocycles. The summed E-state index contributed by atoms with van der Waals surface area (Å²) in [6.45, 7) is -0.401. The average Bonchev–Trinajstić information content (AvgIpc) is 3.26. The Balaban J connectivity index is 1.50. The van der Waals surface area contributed by atoms with Crippen molar-refractivity contribution in [3.8, 4) is 11.5 Å². The molecule has 0 bridgehead atoms. The monoisotopic (exact) mass is 482 g/mol. The molecular formula is C24H19FN2O6S. The minimum atomic E-state index is -4.00. The largest absolute Gasteiger partial charge is 0.454 e. The first-order valence-corrected chi connectivity index (χ1v) is 12.0. The number of carbonyl (C=O) groups excluding carboxylic acids is 2. The lowest BCUT2D eigenvalue weighted by Gasteiger charge is -2.21. The van der Waals surface area contributed by atoms with Gasteiger partial charge in [0.05, 0.1) is 15.8 Å². The van der Waals surface area contributed by atoms with Gasteiger partial charge in [-0.25, -0.2) is 12.8 Å². The summed E-state index contributed by atoms with van der Waals surface area (Å²) in [6.07, 6.45) is -0.371. The molecule has 2 aliphatic heterocycles. The van der Waals surface area contributed by atoms with Gasteiger partial charge in [-0.05, 0) is 48.0 Å². The van der Waals surface area contributed by atoms with Crippen molar-refractivity contribution in [2.45, 2.75) is 16.6 Å². The first-order chi connectivity index (χ1) is 16.3. The van der Waals surface area contributed by atoms with Crippen LogP contribution in [0.1, 0.15) is 17.2 Å². The molecule has 34 heavy (non-hydrogen) atoms. The minimum absolute atomic E-state index is 0.0339. The highest BCUT2D eigenvalue weighted by molar-refractivity contribution is 7.92. The van der Waals surface area contributed by atoms with Gasteiger partial charge in [0.15, 0.2) is 21.3 Å². The van der Waals surface area contributed by atoms with E-state index in [9.17, 15) is 22.4 Å². The Labute approximate surface area is 194 Å². The fraction of sp³-hybridized carbons (Fsp3) is 0.167. The molecule has 0 fully saturated rings. The maximum Gasteiger partial charge on any atom is 0.244 e. The fourth-order valence-electron chi connectivity index (χ4n) is 4.08. The minimum Gasteiger partial charge on any atom is -0.454 e. The summed E-state index contributed by atoms with van der Waals surface area (Å²) in [5.74, 6) is -0.744. The number of sulfone groups is 1. The van der Waals surface area contributed by atoms with Crippen molar-refractivity contribution < 1.29 is 31.9 Å². The van der Waals surface area contributed by atoms with E-state index < -0.39 is 39.3 Å². The van der Waals surface area contributed by atoms with Gasteiger partial charge in [-0.1, -0.05) is 24.3 Å². The van der Waals surface area contributed by atoms with Crippen molar-refractivity contribution in [1.82, 2.24) is 0 Å². The standard InChI is InChI=1S/C24H19FN2O6S/c25-16-4-3-5-17(11-16)26-23(28)13-27-18-6-1-2-7-21(18)34(30,31)22(12-24(27)29)15-8-9-19-20(10-15)33-14-32-19/h1-11,22H,12-14H2,(H,26,28). The van der Waals surface area contributed by atoms with Crippen LogP contribution in [0.5, 0.6) is 11.5 Å². The van der Waals surface area contributed by atoms with Crippen molar-refractivity contribution in [3.63, 3.8) is 0 Å². The third-order valence-electron chi connectivity index (χ3n) is 5.68. The lowest BCUT2D eigenvalue weighted by Crippen LogP contribution is -2.38. The molecule has 1 N–H and O–H groups in total. The second-order valence-electron chi connectivity index (χ2n) is 7.86. The van der Waals surface area contributed by atoms with Crippen LogP contribution < -0.4 is 19.7 Å². The highest BCUT2D eigenvalue weighted by atomic mass is 32.2. The molecule has 0 saturated carbocycles. The summed E-state index contributed by atoms with van der Waals surface area (Å²) < 4.78 is 51.4. The highest BCUT2D eigenvalue weighted by Gasteiger charge is 2.40. The third-order valence-corrected chi connectivity index (χ3v) is 7.82. The van der Waals surface area contributed by atoms with E-state index in [4.69, 9.17) is 9.47 Å². The molecule has 0 saturated heterocycles. The van der Waals surface area contributed by atoms with E-state index in [1.807, 2.05) is 0 Å². The molecule has 10 heteroatoms. The number of hydrogen-bond acceptors (Lipinski definition) is 6. The molecule has 0 spiro atoms. The van der Waals surface area contributed by atoms with Crippen LogP contribution in [0.25, 0.3) is 0 Å². The number of carbonyl (C=O) groups is 2. The summed E-state index contributed by atoms with van der Waals surface area (Å²) in [5.41, 5.74) is 0.731. The molecule has 0 aromatic heterocycles. The van der Waals surface area contributed by atoms with E-state index in [2.05, 4.69) is 5.32 Å². The fourth-order valence-corrected chi connectivity index (χ4v) is 5.99. The Morgan fingerprint density at radius 2 is 1.82 bits per heavy atom. The normalized spacial score (nSPS) is 18.2. The van der Waals surface area contributed by atoms with Gasteiger partial charge in [0.25, 0.3) is 0 Å². The summed E-state index contributed by atoms with van der Waals surface area (Å²) >= 11 is 0. The predicted molar refractivity (Wildman–Crippen MR) is 121 cm³/mol. The van der Waals surface area contributed by atoms with Crippen molar-refractivity contribution in [2.75, 3.05) is 23.6 Å². The zero-order valence-corrected chi connectivity index (χ0v) is 18.5. The zero-order chi connectivity index (χ0) is 23.9. The van der Waals surface area contributed by atoms with E-state index in [1.54, 1.807) is 30.3 Å². The number of hydrogen-bond donors (Lipinski definition) is 1. The molecule has 1 unspecified atom stereocenters. The Kier molecular flexibility index (Phi) is 5.45. The smallest absolute Gasteiger partial charge is 0.244 e. The van der Waals surface area contributed by atoms with Gasteiger partial charge in [-0.2, -0.15) is 0 Å². The Morgan fingerprint density at radius 1 is 1.03 bits per heavy atom. The number of ether oxygens (including phenoxy) is 2. The molecule has 0 radical (unpaired) electrons. The first-order valence-electron chi connectivity index (χ1n) is 10.4. The summed E-state index contributed by atoms with van der Waals surface area (Å²) in [5, 5.41) is 1.37. The molecule has 0 aliphatic carbocycles. The molecule has 2 amide bonds. The molecule has 1 atom stereocenters. The average molecular weight is 482 g/mol. The van der Waals surface area contributed by atoms with E-state index >= 15 is 0 Å². The lowest BCUT2D eigenvalue weighted by atomic mass is 10.1. The van der Waals surface area contributed by atoms with Crippen LogP contribution in [0.3, 0.4) is 0 Å². The highest BCUT2D eigenvalue weighted by Crippen LogP contribution is 2.43. The topological polar surface area (TPSA) is 102 Å².